The van der Waals surface area contributed by atoms with Gasteiger partial charge in [0.1, 0.15) is 28.4 Å². The fourth-order valence-electron chi connectivity index (χ4n) is 5.66. The van der Waals surface area contributed by atoms with Crippen molar-refractivity contribution in [2.75, 3.05) is 44.5 Å². The number of rotatable bonds is 11. The Morgan fingerprint density at radius 3 is 2.34 bits per heavy atom. The number of methoxy groups -OCH3 is 1. The van der Waals surface area contributed by atoms with E-state index in [2.05, 4.69) is 10.3 Å². The second kappa shape index (κ2) is 13.2. The number of fused-ring (bicyclic) bond motifs is 2. The third kappa shape index (κ3) is 6.27. The number of anilines is 1. The molecule has 0 fully saturated rings. The summed E-state index contributed by atoms with van der Waals surface area (Å²) in [7, 11) is -1.29. The van der Waals surface area contributed by atoms with E-state index < -0.39 is 52.8 Å². The number of aliphatic hydroxyl groups excluding tert-OH is 1. The minimum atomic E-state index is -4.15. The molecule has 6 aromatic rings. The molecule has 0 aliphatic carbocycles. The van der Waals surface area contributed by atoms with Gasteiger partial charge in [0.15, 0.2) is 11.4 Å². The molecule has 1 amide bonds. The monoisotopic (exact) mass is 707 g/mol. The molecule has 0 saturated carbocycles. The average Bonchev–Trinajstić information content (AvgIpc) is 3.72. The van der Waals surface area contributed by atoms with Crippen molar-refractivity contribution >= 4 is 43.7 Å². The van der Waals surface area contributed by atoms with Crippen LogP contribution in [0, 0.1) is 17.0 Å². The minimum absolute atomic E-state index is 0.00299. The van der Waals surface area contributed by atoms with Gasteiger partial charge >= 0.3 is 0 Å². The molecule has 0 saturated heterocycles. The van der Waals surface area contributed by atoms with Gasteiger partial charge < -0.3 is 24.0 Å². The molecule has 4 aromatic carbocycles. The lowest BCUT2D eigenvalue weighted by Crippen LogP contribution is -2.43. The summed E-state index contributed by atoms with van der Waals surface area (Å²) in [5, 5.41) is 12.9. The second-order valence-corrected chi connectivity index (χ2v) is 14.1. The standard InChI is InChI=1S/C36H32F3N3O7S/c1-36(17-37,19-43)18-42(50(4,45)46)27-16-30-24(31(34(44)40-2)33(48-30)20-8-11-22(38)12-9-20)15-23(27)21-10-13-28(47-3)25(14-21)35-41-32-26(39)6-5-7-29(32)49-35/h5-16,43H,17-19H2,1-4H3,(H,40,44). The molecular formula is C36H32F3N3O7S. The van der Waals surface area contributed by atoms with Gasteiger partial charge in [-0.3, -0.25) is 13.5 Å². The number of ether oxygens (including phenoxy) is 1. The van der Waals surface area contributed by atoms with E-state index in [9.17, 15) is 31.5 Å². The van der Waals surface area contributed by atoms with Crippen LogP contribution in [0.3, 0.4) is 0 Å². The number of amides is 1. The highest BCUT2D eigenvalue weighted by Gasteiger charge is 2.34. The molecule has 0 spiro atoms. The fraction of sp³-hybridized carbons (Fsp3) is 0.222. The molecule has 0 bridgehead atoms. The number of hydrogen-bond acceptors (Lipinski definition) is 8. The number of alkyl halides is 1. The first-order valence-electron chi connectivity index (χ1n) is 15.3. The largest absolute Gasteiger partial charge is 0.496 e. The molecule has 1 atom stereocenters. The SMILES string of the molecule is CNC(=O)c1c(-c2ccc(F)cc2)oc2cc(N(CC(C)(CO)CF)S(C)(=O)=O)c(-c3ccc(OC)c(-c4nc5c(F)cccc5o4)c3)cc12. The number of nitrogens with zero attached hydrogens (tertiary/aromatic N) is 2. The highest BCUT2D eigenvalue weighted by atomic mass is 32.2. The van der Waals surface area contributed by atoms with Crippen LogP contribution in [0.15, 0.2) is 81.6 Å². The topological polar surface area (TPSA) is 135 Å². The van der Waals surface area contributed by atoms with Gasteiger partial charge in [-0.15, -0.1) is 0 Å². The van der Waals surface area contributed by atoms with E-state index in [0.29, 0.717) is 22.4 Å². The number of hydrogen-bond donors (Lipinski definition) is 2. The third-order valence-corrected chi connectivity index (χ3v) is 9.50. The van der Waals surface area contributed by atoms with E-state index in [1.54, 1.807) is 30.3 Å². The summed E-state index contributed by atoms with van der Waals surface area (Å²) >= 11 is 0. The van der Waals surface area contributed by atoms with E-state index in [0.717, 1.165) is 10.6 Å². The summed E-state index contributed by atoms with van der Waals surface area (Å²) < 4.78 is 88.3. The van der Waals surface area contributed by atoms with Crippen LogP contribution in [0.5, 0.6) is 5.75 Å². The van der Waals surface area contributed by atoms with Gasteiger partial charge in [-0.1, -0.05) is 19.1 Å². The first kappa shape index (κ1) is 34.5. The molecule has 260 valence electrons. The van der Waals surface area contributed by atoms with E-state index in [-0.39, 0.29) is 50.5 Å². The maximum absolute atomic E-state index is 14.6. The lowest BCUT2D eigenvalue weighted by molar-refractivity contribution is 0.0964. The van der Waals surface area contributed by atoms with Gasteiger partial charge in [0.05, 0.1) is 43.5 Å². The maximum Gasteiger partial charge on any atom is 0.255 e. The molecule has 14 heteroatoms. The van der Waals surface area contributed by atoms with Gasteiger partial charge in [-0.25, -0.2) is 22.2 Å². The number of aromatic nitrogens is 1. The summed E-state index contributed by atoms with van der Waals surface area (Å²) in [5.41, 5.74) is 0.248. The number of para-hydroxylation sites is 1. The molecule has 0 aliphatic heterocycles. The van der Waals surface area contributed by atoms with Crippen molar-refractivity contribution < 1.29 is 45.1 Å². The predicted octanol–water partition coefficient (Wildman–Crippen LogP) is 6.96. The Kier molecular flexibility index (Phi) is 9.10. The zero-order valence-corrected chi connectivity index (χ0v) is 28.2. The lowest BCUT2D eigenvalue weighted by atomic mass is 9.92. The van der Waals surface area contributed by atoms with Gasteiger partial charge in [-0.05, 0) is 60.2 Å². The summed E-state index contributed by atoms with van der Waals surface area (Å²) in [6, 6.07) is 17.4. The first-order valence-corrected chi connectivity index (χ1v) is 17.1. The number of nitrogens with one attached hydrogen (secondary N) is 1. The number of halogens is 3. The second-order valence-electron chi connectivity index (χ2n) is 12.2. The summed E-state index contributed by atoms with van der Waals surface area (Å²) in [5.74, 6) is -1.21. The number of furan rings is 1. The van der Waals surface area contributed by atoms with E-state index >= 15 is 0 Å². The smallest absolute Gasteiger partial charge is 0.255 e. The molecule has 2 aromatic heterocycles. The van der Waals surface area contributed by atoms with Crippen molar-refractivity contribution in [2.24, 2.45) is 5.41 Å². The van der Waals surface area contributed by atoms with Gasteiger partial charge in [0.2, 0.25) is 15.9 Å². The summed E-state index contributed by atoms with van der Waals surface area (Å²) in [6.45, 7) is -0.752. The normalized spacial score (nSPS) is 13.0. The average molecular weight is 708 g/mol. The molecule has 50 heavy (non-hydrogen) atoms. The molecule has 0 radical (unpaired) electrons. The van der Waals surface area contributed by atoms with Gasteiger partial charge in [0, 0.05) is 41.6 Å². The van der Waals surface area contributed by atoms with Crippen LogP contribution in [0.2, 0.25) is 0 Å². The van der Waals surface area contributed by atoms with Crippen molar-refractivity contribution in [3.63, 3.8) is 0 Å². The van der Waals surface area contributed by atoms with Crippen molar-refractivity contribution in [1.82, 2.24) is 10.3 Å². The lowest BCUT2D eigenvalue weighted by Gasteiger charge is -2.33. The molecule has 2 heterocycles. The maximum atomic E-state index is 14.6. The Balaban J connectivity index is 1.68. The van der Waals surface area contributed by atoms with Crippen molar-refractivity contribution in [2.45, 2.75) is 6.92 Å². The summed E-state index contributed by atoms with van der Waals surface area (Å²) in [6.07, 6.45) is 0.950. The van der Waals surface area contributed by atoms with Crippen molar-refractivity contribution in [1.29, 1.82) is 0 Å². The zero-order valence-electron chi connectivity index (χ0n) is 27.4. The van der Waals surface area contributed by atoms with Gasteiger partial charge in [-0.2, -0.15) is 0 Å². The number of sulfonamides is 1. The van der Waals surface area contributed by atoms with Crippen LogP contribution in [-0.4, -0.2) is 64.7 Å². The quantitative estimate of drug-likeness (QED) is 0.148. The highest BCUT2D eigenvalue weighted by molar-refractivity contribution is 7.92. The number of aliphatic hydroxyl groups is 1. The van der Waals surface area contributed by atoms with Crippen LogP contribution in [0.4, 0.5) is 18.9 Å². The van der Waals surface area contributed by atoms with Crippen LogP contribution < -0.4 is 14.4 Å². The zero-order chi connectivity index (χ0) is 36.0. The number of benzene rings is 4. The number of carbonyl (C=O) groups is 1. The Bertz CT molecular complexity index is 2350. The number of oxazole rings is 1. The molecule has 6 rings (SSSR count). The van der Waals surface area contributed by atoms with Crippen LogP contribution in [-0.2, 0) is 10.0 Å². The van der Waals surface area contributed by atoms with E-state index in [1.165, 1.54) is 63.5 Å². The van der Waals surface area contributed by atoms with Crippen LogP contribution in [0.25, 0.3) is 56.0 Å². The van der Waals surface area contributed by atoms with E-state index in [4.69, 9.17) is 13.6 Å². The Morgan fingerprint density at radius 2 is 1.72 bits per heavy atom. The third-order valence-electron chi connectivity index (χ3n) is 8.38. The van der Waals surface area contributed by atoms with Crippen molar-refractivity contribution in [3.05, 3.63) is 90.0 Å². The van der Waals surface area contributed by atoms with Crippen LogP contribution in [0.1, 0.15) is 17.3 Å². The minimum Gasteiger partial charge on any atom is -0.496 e. The molecule has 10 nitrogen and oxygen atoms in total. The first-order chi connectivity index (χ1) is 23.8. The van der Waals surface area contributed by atoms with Gasteiger partial charge in [0.25, 0.3) is 5.91 Å². The Morgan fingerprint density at radius 1 is 1.00 bits per heavy atom. The molecule has 1 unspecified atom stereocenters. The van der Waals surface area contributed by atoms with Crippen LogP contribution >= 0.6 is 0 Å². The fourth-order valence-corrected chi connectivity index (χ4v) is 6.71. The molecular weight excluding hydrogens is 675 g/mol. The highest BCUT2D eigenvalue weighted by Crippen LogP contribution is 2.44. The predicted molar refractivity (Wildman–Crippen MR) is 183 cm³/mol. The summed E-state index contributed by atoms with van der Waals surface area (Å²) in [4.78, 5) is 17.7. The number of carbonyl (C=O) groups excluding carboxylic acids is 1. The molecule has 2 N–H and O–H groups in total. The Hall–Kier alpha value is -5.34. The molecule has 0 aliphatic rings. The Labute approximate surface area is 285 Å². The van der Waals surface area contributed by atoms with Crippen molar-refractivity contribution in [3.8, 4) is 39.7 Å². The van der Waals surface area contributed by atoms with E-state index in [1.807, 2.05) is 0 Å².